The normalized spacial score (nSPS) is 10.4. The largest absolute Gasteiger partial charge is 0.479 e. The molecule has 3 aromatic rings. The maximum Gasteiger partial charge on any atom is 0.262 e. The lowest BCUT2D eigenvalue weighted by Gasteiger charge is -2.21. The van der Waals surface area contributed by atoms with Crippen LogP contribution in [0.25, 0.3) is 0 Å². The number of ether oxygens (including phenoxy) is 1. The van der Waals surface area contributed by atoms with E-state index in [-0.39, 0.29) is 17.7 Å². The minimum Gasteiger partial charge on any atom is -0.479 e. The Morgan fingerprint density at radius 1 is 1.11 bits per heavy atom. The molecule has 0 spiro atoms. The number of amides is 2. The summed E-state index contributed by atoms with van der Waals surface area (Å²) in [5.41, 5.74) is 2.31. The van der Waals surface area contributed by atoms with Crippen LogP contribution in [0.4, 0.5) is 11.4 Å². The lowest BCUT2D eigenvalue weighted by molar-refractivity contribution is 0.0987. The Morgan fingerprint density at radius 2 is 1.79 bits per heavy atom. The summed E-state index contributed by atoms with van der Waals surface area (Å²) in [6.07, 6.45) is 1.59. The van der Waals surface area contributed by atoms with Crippen LogP contribution in [0, 0.1) is 0 Å². The van der Waals surface area contributed by atoms with E-state index in [2.05, 4.69) is 10.4 Å². The summed E-state index contributed by atoms with van der Waals surface area (Å²) < 4.78 is 6.63. The summed E-state index contributed by atoms with van der Waals surface area (Å²) in [6, 6.07) is 16.3. The van der Waals surface area contributed by atoms with Crippen LogP contribution in [-0.2, 0) is 7.05 Å². The number of anilines is 2. The second-order valence-electron chi connectivity index (χ2n) is 6.14. The molecule has 0 unspecified atom stereocenters. The van der Waals surface area contributed by atoms with Crippen molar-refractivity contribution in [3.8, 4) is 5.88 Å². The van der Waals surface area contributed by atoms with E-state index in [4.69, 9.17) is 4.74 Å². The molecule has 0 aliphatic carbocycles. The van der Waals surface area contributed by atoms with Gasteiger partial charge < -0.3 is 15.0 Å². The second kappa shape index (κ2) is 8.39. The van der Waals surface area contributed by atoms with Crippen molar-refractivity contribution < 1.29 is 14.3 Å². The quantitative estimate of drug-likeness (QED) is 0.714. The molecule has 0 aliphatic rings. The molecule has 0 saturated carbocycles. The Bertz CT molecular complexity index is 965. The Morgan fingerprint density at radius 3 is 2.39 bits per heavy atom. The zero-order valence-corrected chi connectivity index (χ0v) is 16.0. The highest BCUT2D eigenvalue weighted by Gasteiger charge is 2.18. The third kappa shape index (κ3) is 4.03. The lowest BCUT2D eigenvalue weighted by Crippen LogP contribution is -2.30. The van der Waals surface area contributed by atoms with Gasteiger partial charge in [0.1, 0.15) is 5.56 Å². The van der Waals surface area contributed by atoms with E-state index in [1.165, 1.54) is 11.8 Å². The van der Waals surface area contributed by atoms with Crippen molar-refractivity contribution >= 4 is 23.2 Å². The minimum absolute atomic E-state index is 0.0968. The van der Waals surface area contributed by atoms with E-state index in [0.29, 0.717) is 23.4 Å². The van der Waals surface area contributed by atoms with Crippen LogP contribution in [0.2, 0.25) is 0 Å². The summed E-state index contributed by atoms with van der Waals surface area (Å²) >= 11 is 0. The zero-order chi connectivity index (χ0) is 20.1. The lowest BCUT2D eigenvalue weighted by atomic mass is 10.1. The molecule has 0 radical (unpaired) electrons. The monoisotopic (exact) mass is 378 g/mol. The summed E-state index contributed by atoms with van der Waals surface area (Å²) in [5, 5.41) is 6.86. The maximum atomic E-state index is 12.8. The van der Waals surface area contributed by atoms with Gasteiger partial charge in [-0.05, 0) is 43.3 Å². The molecule has 0 fully saturated rings. The number of carbonyl (C=O) groups excluding carboxylic acids is 2. The molecule has 144 valence electrons. The number of hydrogen-bond acceptors (Lipinski definition) is 4. The molecule has 1 heterocycles. The van der Waals surface area contributed by atoms with Crippen molar-refractivity contribution in [1.82, 2.24) is 9.78 Å². The van der Waals surface area contributed by atoms with Crippen LogP contribution in [0.15, 0.2) is 60.8 Å². The molecular formula is C21H22N4O3. The topological polar surface area (TPSA) is 76.5 Å². The number of nitrogens with one attached hydrogen (secondary N) is 1. The smallest absolute Gasteiger partial charge is 0.262 e. The van der Waals surface area contributed by atoms with Crippen LogP contribution in [0.1, 0.15) is 27.6 Å². The number of aromatic nitrogens is 2. The molecule has 1 N–H and O–H groups in total. The van der Waals surface area contributed by atoms with Gasteiger partial charge in [0.25, 0.3) is 11.8 Å². The van der Waals surface area contributed by atoms with Crippen LogP contribution in [0.3, 0.4) is 0 Å². The van der Waals surface area contributed by atoms with Gasteiger partial charge in [0, 0.05) is 36.7 Å². The highest BCUT2D eigenvalue weighted by molar-refractivity contribution is 6.07. The van der Waals surface area contributed by atoms with Gasteiger partial charge in [0.15, 0.2) is 0 Å². The van der Waals surface area contributed by atoms with E-state index >= 15 is 0 Å². The SMILES string of the molecule is CCN(C(=O)c1ccc(NC(=O)c2cn(C)nc2OC)cc1)c1ccccc1. The van der Waals surface area contributed by atoms with Gasteiger partial charge in [-0.1, -0.05) is 18.2 Å². The standard InChI is InChI=1S/C21H22N4O3/c1-4-25(17-8-6-5-7-9-17)21(27)15-10-12-16(13-11-15)22-19(26)18-14-24(2)23-20(18)28-3/h5-14H,4H2,1-3H3,(H,22,26). The first-order valence-corrected chi connectivity index (χ1v) is 8.89. The maximum absolute atomic E-state index is 12.8. The number of nitrogens with zero attached hydrogens (tertiary/aromatic N) is 3. The van der Waals surface area contributed by atoms with Gasteiger partial charge in [0.2, 0.25) is 5.88 Å². The number of carbonyl (C=O) groups is 2. The number of methoxy groups -OCH3 is 1. The fraction of sp³-hybridized carbons (Fsp3) is 0.190. The predicted molar refractivity (Wildman–Crippen MR) is 108 cm³/mol. The number of para-hydroxylation sites is 1. The number of aryl methyl sites for hydroxylation is 1. The molecule has 28 heavy (non-hydrogen) atoms. The Hall–Kier alpha value is -3.61. The summed E-state index contributed by atoms with van der Waals surface area (Å²) in [7, 11) is 3.18. The van der Waals surface area contributed by atoms with Gasteiger partial charge in [-0.15, -0.1) is 5.10 Å². The molecule has 7 nitrogen and oxygen atoms in total. The van der Waals surface area contributed by atoms with E-state index in [1.807, 2.05) is 37.3 Å². The third-order valence-corrected chi connectivity index (χ3v) is 4.25. The highest BCUT2D eigenvalue weighted by Crippen LogP contribution is 2.20. The van der Waals surface area contributed by atoms with Gasteiger partial charge in [-0.25, -0.2) is 0 Å². The molecular weight excluding hydrogens is 356 g/mol. The average Bonchev–Trinajstić information content (AvgIpc) is 3.11. The van der Waals surface area contributed by atoms with Crippen molar-refractivity contribution in [2.45, 2.75) is 6.92 Å². The Balaban J connectivity index is 1.74. The molecule has 1 aromatic heterocycles. The van der Waals surface area contributed by atoms with Crippen LogP contribution in [0.5, 0.6) is 5.88 Å². The Kier molecular flexibility index (Phi) is 5.74. The molecule has 3 rings (SSSR count). The number of hydrogen-bond donors (Lipinski definition) is 1. The number of rotatable bonds is 6. The Labute approximate surface area is 163 Å². The molecule has 0 atom stereocenters. The first kappa shape index (κ1) is 19.2. The highest BCUT2D eigenvalue weighted by atomic mass is 16.5. The predicted octanol–water partition coefficient (Wildman–Crippen LogP) is 3.35. The van der Waals surface area contributed by atoms with Crippen molar-refractivity contribution in [3.63, 3.8) is 0 Å². The van der Waals surface area contributed by atoms with Crippen molar-refractivity contribution in [1.29, 1.82) is 0 Å². The summed E-state index contributed by atoms with van der Waals surface area (Å²) in [6.45, 7) is 2.49. The fourth-order valence-electron chi connectivity index (χ4n) is 2.88. The molecule has 0 bridgehead atoms. The molecule has 2 amide bonds. The third-order valence-electron chi connectivity index (χ3n) is 4.25. The van der Waals surface area contributed by atoms with Gasteiger partial charge >= 0.3 is 0 Å². The van der Waals surface area contributed by atoms with Crippen molar-refractivity contribution in [2.24, 2.45) is 7.05 Å². The first-order chi connectivity index (χ1) is 13.5. The van der Waals surface area contributed by atoms with Gasteiger partial charge in [0.05, 0.1) is 7.11 Å². The van der Waals surface area contributed by atoms with E-state index in [9.17, 15) is 9.59 Å². The zero-order valence-electron chi connectivity index (χ0n) is 16.0. The van der Waals surface area contributed by atoms with Crippen molar-refractivity contribution in [3.05, 3.63) is 71.9 Å². The number of benzene rings is 2. The fourth-order valence-corrected chi connectivity index (χ4v) is 2.88. The minimum atomic E-state index is -0.330. The van der Waals surface area contributed by atoms with Crippen LogP contribution in [-0.4, -0.2) is 35.2 Å². The first-order valence-electron chi connectivity index (χ1n) is 8.89. The van der Waals surface area contributed by atoms with E-state index in [0.717, 1.165) is 5.69 Å². The van der Waals surface area contributed by atoms with E-state index in [1.54, 1.807) is 42.4 Å². The second-order valence-corrected chi connectivity index (χ2v) is 6.14. The average molecular weight is 378 g/mol. The van der Waals surface area contributed by atoms with Crippen molar-refractivity contribution in [2.75, 3.05) is 23.9 Å². The van der Waals surface area contributed by atoms with Gasteiger partial charge in [-0.2, -0.15) is 0 Å². The summed E-state index contributed by atoms with van der Waals surface area (Å²) in [4.78, 5) is 27.0. The van der Waals surface area contributed by atoms with Gasteiger partial charge in [-0.3, -0.25) is 14.3 Å². The van der Waals surface area contributed by atoms with Crippen LogP contribution < -0.4 is 15.0 Å². The molecule has 2 aromatic carbocycles. The van der Waals surface area contributed by atoms with E-state index < -0.39 is 0 Å². The molecule has 0 aliphatic heterocycles. The molecule has 7 heteroatoms. The summed E-state index contributed by atoms with van der Waals surface area (Å²) in [5.74, 6) is -0.169. The van der Waals surface area contributed by atoms with Crippen LogP contribution >= 0.6 is 0 Å². The molecule has 0 saturated heterocycles.